The maximum Gasteiger partial charge on any atom is 0.149 e. The highest BCUT2D eigenvalue weighted by Gasteiger charge is 2.07. The zero-order valence-corrected chi connectivity index (χ0v) is 8.24. The van der Waals surface area contributed by atoms with E-state index < -0.39 is 0 Å². The smallest absolute Gasteiger partial charge is 0.149 e. The maximum atomic E-state index is 8.87. The summed E-state index contributed by atoms with van der Waals surface area (Å²) in [4.78, 5) is 0. The van der Waals surface area contributed by atoms with Gasteiger partial charge in [-0.05, 0) is 19.1 Å². The van der Waals surface area contributed by atoms with E-state index in [0.717, 1.165) is 0 Å². The normalized spacial score (nSPS) is 7.93. The van der Waals surface area contributed by atoms with E-state index in [1.165, 1.54) is 0 Å². The molecule has 1 aromatic carbocycles. The lowest BCUT2D eigenvalue weighted by molar-refractivity contribution is 0.369. The van der Waals surface area contributed by atoms with Crippen LogP contribution in [0.5, 0.6) is 5.75 Å². The first-order valence-corrected chi connectivity index (χ1v) is 4.29. The molecule has 3 nitrogen and oxygen atoms in total. The summed E-state index contributed by atoms with van der Waals surface area (Å²) in [5.74, 6) is 5.80. The molecule has 0 N–H and O–H groups in total. The fourth-order valence-electron chi connectivity index (χ4n) is 1.05. The van der Waals surface area contributed by atoms with Crippen LogP contribution in [0.3, 0.4) is 0 Å². The van der Waals surface area contributed by atoms with Gasteiger partial charge in [0.1, 0.15) is 30.1 Å². The fraction of sp³-hybridized carbons (Fsp3) is 0.167. The largest absolute Gasteiger partial charge is 0.480 e. The van der Waals surface area contributed by atoms with Gasteiger partial charge in [0.2, 0.25) is 0 Å². The van der Waals surface area contributed by atoms with Gasteiger partial charge < -0.3 is 4.74 Å². The monoisotopic (exact) mass is 196 g/mol. The second-order valence-corrected chi connectivity index (χ2v) is 2.62. The quantitative estimate of drug-likeness (QED) is 0.678. The number of nitrogens with zero attached hydrogens (tertiary/aromatic N) is 2. The molecule has 72 valence electrons. The van der Waals surface area contributed by atoms with Crippen molar-refractivity contribution >= 4 is 0 Å². The maximum absolute atomic E-state index is 8.87. The number of benzene rings is 1. The predicted octanol–water partition coefficient (Wildman–Crippen LogP) is 1.83. The summed E-state index contributed by atoms with van der Waals surface area (Å²) in [6, 6.07) is 8.79. The average molecular weight is 196 g/mol. The van der Waals surface area contributed by atoms with Crippen LogP contribution in [-0.2, 0) is 0 Å². The molecule has 0 saturated heterocycles. The highest BCUT2D eigenvalue weighted by molar-refractivity contribution is 5.53. The SMILES string of the molecule is CC#CCOc1cccc(C#N)c1C#N. The molecule has 0 bridgehead atoms. The lowest BCUT2D eigenvalue weighted by Gasteiger charge is -2.04. The van der Waals surface area contributed by atoms with Crippen LogP contribution in [0, 0.1) is 34.5 Å². The van der Waals surface area contributed by atoms with Crippen molar-refractivity contribution in [1.82, 2.24) is 0 Å². The zero-order valence-electron chi connectivity index (χ0n) is 8.24. The Morgan fingerprint density at radius 2 is 2.07 bits per heavy atom. The van der Waals surface area contributed by atoms with Crippen molar-refractivity contribution < 1.29 is 4.74 Å². The summed E-state index contributed by atoms with van der Waals surface area (Å²) in [6.07, 6.45) is 0. The van der Waals surface area contributed by atoms with Crippen molar-refractivity contribution in [2.24, 2.45) is 0 Å². The minimum atomic E-state index is 0.222. The van der Waals surface area contributed by atoms with E-state index in [4.69, 9.17) is 15.3 Å². The summed E-state index contributed by atoms with van der Waals surface area (Å²) < 4.78 is 5.26. The van der Waals surface area contributed by atoms with E-state index in [2.05, 4.69) is 11.8 Å². The van der Waals surface area contributed by atoms with Crippen LogP contribution in [0.15, 0.2) is 18.2 Å². The van der Waals surface area contributed by atoms with Crippen LogP contribution in [0.1, 0.15) is 18.1 Å². The molecule has 0 heterocycles. The van der Waals surface area contributed by atoms with E-state index in [1.54, 1.807) is 25.1 Å². The van der Waals surface area contributed by atoms with Gasteiger partial charge >= 0.3 is 0 Å². The molecule has 0 spiro atoms. The standard InChI is InChI=1S/C12H8N2O/c1-2-3-7-15-12-6-4-5-10(8-13)11(12)9-14/h4-6H,7H2,1H3. The van der Waals surface area contributed by atoms with Crippen LogP contribution >= 0.6 is 0 Å². The molecule has 15 heavy (non-hydrogen) atoms. The first-order chi connectivity index (χ1) is 7.33. The van der Waals surface area contributed by atoms with Crippen molar-refractivity contribution in [1.29, 1.82) is 10.5 Å². The van der Waals surface area contributed by atoms with E-state index in [1.807, 2.05) is 12.1 Å². The van der Waals surface area contributed by atoms with Gasteiger partial charge in [-0.15, -0.1) is 5.92 Å². The molecule has 1 rings (SSSR count). The van der Waals surface area contributed by atoms with Crippen molar-refractivity contribution in [3.05, 3.63) is 29.3 Å². The molecule has 0 saturated carbocycles. The van der Waals surface area contributed by atoms with Gasteiger partial charge in [-0.25, -0.2) is 0 Å². The third-order valence-corrected chi connectivity index (χ3v) is 1.74. The first kappa shape index (κ1) is 10.6. The van der Waals surface area contributed by atoms with Gasteiger partial charge in [-0.2, -0.15) is 10.5 Å². The number of hydrogen-bond acceptors (Lipinski definition) is 3. The predicted molar refractivity (Wildman–Crippen MR) is 54.8 cm³/mol. The highest BCUT2D eigenvalue weighted by Crippen LogP contribution is 2.20. The van der Waals surface area contributed by atoms with Gasteiger partial charge in [-0.3, -0.25) is 0 Å². The Hall–Kier alpha value is -2.44. The number of ether oxygens (including phenoxy) is 1. The molecule has 1 aromatic rings. The number of rotatable bonds is 2. The minimum Gasteiger partial charge on any atom is -0.480 e. The van der Waals surface area contributed by atoms with Gasteiger partial charge in [-0.1, -0.05) is 12.0 Å². The molecule has 0 radical (unpaired) electrons. The van der Waals surface area contributed by atoms with E-state index in [9.17, 15) is 0 Å². The van der Waals surface area contributed by atoms with E-state index in [-0.39, 0.29) is 12.2 Å². The Balaban J connectivity index is 3.02. The third kappa shape index (κ3) is 2.50. The van der Waals surface area contributed by atoms with Gasteiger partial charge in [0.25, 0.3) is 0 Å². The Morgan fingerprint density at radius 3 is 2.67 bits per heavy atom. The molecule has 0 aromatic heterocycles. The highest BCUT2D eigenvalue weighted by atomic mass is 16.5. The molecular weight excluding hydrogens is 188 g/mol. The number of nitriles is 2. The molecule has 0 atom stereocenters. The van der Waals surface area contributed by atoms with E-state index >= 15 is 0 Å². The van der Waals surface area contributed by atoms with Crippen LogP contribution in [0.25, 0.3) is 0 Å². The summed E-state index contributed by atoms with van der Waals surface area (Å²) >= 11 is 0. The molecule has 0 aliphatic rings. The lowest BCUT2D eigenvalue weighted by atomic mass is 10.1. The van der Waals surface area contributed by atoms with Crippen molar-refractivity contribution in [2.75, 3.05) is 6.61 Å². The van der Waals surface area contributed by atoms with Gasteiger partial charge in [0.15, 0.2) is 0 Å². The van der Waals surface area contributed by atoms with Crippen molar-refractivity contribution in [3.63, 3.8) is 0 Å². The first-order valence-electron chi connectivity index (χ1n) is 4.29. The molecule has 0 unspecified atom stereocenters. The third-order valence-electron chi connectivity index (χ3n) is 1.74. The Labute approximate surface area is 88.5 Å². The van der Waals surface area contributed by atoms with Crippen molar-refractivity contribution in [2.45, 2.75) is 6.92 Å². The molecule has 0 aliphatic heterocycles. The molecule has 3 heteroatoms. The Bertz CT molecular complexity index is 495. The van der Waals surface area contributed by atoms with Gasteiger partial charge in [0.05, 0.1) is 5.56 Å². The van der Waals surface area contributed by atoms with Crippen molar-refractivity contribution in [3.8, 4) is 29.7 Å². The summed E-state index contributed by atoms with van der Waals surface area (Å²) in [5.41, 5.74) is 0.581. The molecule has 0 aliphatic carbocycles. The fourth-order valence-corrected chi connectivity index (χ4v) is 1.05. The lowest BCUT2D eigenvalue weighted by Crippen LogP contribution is -1.97. The summed E-state index contributed by atoms with van der Waals surface area (Å²) in [6.45, 7) is 1.93. The second kappa shape index (κ2) is 5.32. The molecular formula is C12H8N2O. The molecule has 0 fully saturated rings. The van der Waals surface area contributed by atoms with E-state index in [0.29, 0.717) is 11.3 Å². The van der Waals surface area contributed by atoms with Crippen LogP contribution in [-0.4, -0.2) is 6.61 Å². The second-order valence-electron chi connectivity index (χ2n) is 2.62. The number of hydrogen-bond donors (Lipinski definition) is 0. The Morgan fingerprint density at radius 1 is 1.27 bits per heavy atom. The average Bonchev–Trinajstić information content (AvgIpc) is 2.29. The zero-order chi connectivity index (χ0) is 11.1. The molecule has 0 amide bonds. The van der Waals surface area contributed by atoms with Crippen LogP contribution < -0.4 is 4.74 Å². The topological polar surface area (TPSA) is 56.8 Å². The van der Waals surface area contributed by atoms with Crippen LogP contribution in [0.4, 0.5) is 0 Å². The van der Waals surface area contributed by atoms with Gasteiger partial charge in [0, 0.05) is 0 Å². The van der Waals surface area contributed by atoms with Crippen LogP contribution in [0.2, 0.25) is 0 Å². The Kier molecular flexibility index (Phi) is 3.78. The summed E-state index contributed by atoms with van der Waals surface area (Å²) in [7, 11) is 0. The minimum absolute atomic E-state index is 0.222. The summed E-state index contributed by atoms with van der Waals surface area (Å²) in [5, 5.41) is 17.6.